The van der Waals surface area contributed by atoms with Crippen molar-refractivity contribution in [1.82, 2.24) is 5.32 Å². The summed E-state index contributed by atoms with van der Waals surface area (Å²) in [6.45, 7) is 5.03. The van der Waals surface area contributed by atoms with Gasteiger partial charge in [-0.25, -0.2) is 0 Å². The fraction of sp³-hybridized carbons (Fsp3) is 0.350. The number of carbonyl (C=O) groups is 1. The summed E-state index contributed by atoms with van der Waals surface area (Å²) >= 11 is 0. The maximum Gasteiger partial charge on any atom is 0.252 e. The van der Waals surface area contributed by atoms with E-state index in [1.165, 1.54) is 5.56 Å². The molecule has 132 valence electrons. The van der Waals surface area contributed by atoms with E-state index in [2.05, 4.69) is 24.4 Å². The van der Waals surface area contributed by atoms with Gasteiger partial charge in [0.15, 0.2) is 11.5 Å². The Morgan fingerprint density at radius 3 is 2.60 bits per heavy atom. The summed E-state index contributed by atoms with van der Waals surface area (Å²) in [5.41, 5.74) is 2.78. The summed E-state index contributed by atoms with van der Waals surface area (Å²) in [4.78, 5) is 12.7. The summed E-state index contributed by atoms with van der Waals surface area (Å²) in [6.07, 6.45) is 0.802. The van der Waals surface area contributed by atoms with Crippen LogP contribution in [0.2, 0.25) is 0 Å². The number of rotatable bonds is 5. The third-order valence-electron chi connectivity index (χ3n) is 4.28. The van der Waals surface area contributed by atoms with Crippen molar-refractivity contribution in [2.24, 2.45) is 0 Å². The zero-order valence-corrected chi connectivity index (χ0v) is 14.8. The number of benzene rings is 2. The van der Waals surface area contributed by atoms with Crippen LogP contribution in [0.5, 0.6) is 17.2 Å². The van der Waals surface area contributed by atoms with Crippen molar-refractivity contribution in [3.8, 4) is 17.2 Å². The lowest BCUT2D eigenvalue weighted by Gasteiger charge is -2.22. The van der Waals surface area contributed by atoms with E-state index in [0.29, 0.717) is 36.0 Å². The minimum absolute atomic E-state index is 0.0488. The molecule has 1 amide bonds. The molecular formula is C20H23NO4. The summed E-state index contributed by atoms with van der Waals surface area (Å²) in [6, 6.07) is 11.5. The van der Waals surface area contributed by atoms with E-state index in [1.54, 1.807) is 19.2 Å². The maximum absolute atomic E-state index is 12.7. The monoisotopic (exact) mass is 341 g/mol. The Kier molecular flexibility index (Phi) is 5.12. The van der Waals surface area contributed by atoms with Crippen molar-refractivity contribution in [2.75, 3.05) is 20.3 Å². The van der Waals surface area contributed by atoms with Gasteiger partial charge < -0.3 is 19.5 Å². The molecule has 25 heavy (non-hydrogen) atoms. The highest BCUT2D eigenvalue weighted by Crippen LogP contribution is 2.40. The van der Waals surface area contributed by atoms with Gasteiger partial charge in [0.2, 0.25) is 5.75 Å². The van der Waals surface area contributed by atoms with E-state index in [9.17, 15) is 4.79 Å². The van der Waals surface area contributed by atoms with Gasteiger partial charge in [-0.05, 0) is 31.0 Å². The van der Waals surface area contributed by atoms with Crippen molar-refractivity contribution in [2.45, 2.75) is 26.3 Å². The Bertz CT molecular complexity index is 738. The van der Waals surface area contributed by atoms with E-state index in [4.69, 9.17) is 14.2 Å². The summed E-state index contributed by atoms with van der Waals surface area (Å²) < 4.78 is 16.5. The number of nitrogens with one attached hydrogen (secondary N) is 1. The van der Waals surface area contributed by atoms with Crippen LogP contribution in [0.4, 0.5) is 0 Å². The molecule has 0 spiro atoms. The van der Waals surface area contributed by atoms with E-state index in [-0.39, 0.29) is 11.9 Å². The molecule has 2 aromatic carbocycles. The average Bonchev–Trinajstić information content (AvgIpc) is 2.65. The fourth-order valence-electron chi connectivity index (χ4n) is 2.87. The zero-order chi connectivity index (χ0) is 17.8. The van der Waals surface area contributed by atoms with Gasteiger partial charge >= 0.3 is 0 Å². The molecule has 1 atom stereocenters. The number of carbonyl (C=O) groups excluding carboxylic acids is 1. The lowest BCUT2D eigenvalue weighted by Crippen LogP contribution is -2.28. The molecule has 0 fully saturated rings. The first-order valence-corrected chi connectivity index (χ1v) is 8.47. The summed E-state index contributed by atoms with van der Waals surface area (Å²) in [7, 11) is 1.55. The normalized spacial score (nSPS) is 13.9. The number of aryl methyl sites for hydroxylation is 1. The number of methoxy groups -OCH3 is 1. The van der Waals surface area contributed by atoms with Gasteiger partial charge in [-0.15, -0.1) is 0 Å². The van der Waals surface area contributed by atoms with Crippen LogP contribution in [0.3, 0.4) is 0 Å². The largest absolute Gasteiger partial charge is 0.493 e. The van der Waals surface area contributed by atoms with Crippen LogP contribution in [0.15, 0.2) is 36.4 Å². The topological polar surface area (TPSA) is 56.8 Å². The lowest BCUT2D eigenvalue weighted by molar-refractivity contribution is 0.0933. The molecule has 1 unspecified atom stereocenters. The quantitative estimate of drug-likeness (QED) is 0.902. The molecule has 0 radical (unpaired) electrons. The zero-order valence-electron chi connectivity index (χ0n) is 14.8. The van der Waals surface area contributed by atoms with Gasteiger partial charge in [0.1, 0.15) is 13.2 Å². The van der Waals surface area contributed by atoms with Gasteiger partial charge in [0, 0.05) is 5.56 Å². The Morgan fingerprint density at radius 1 is 1.20 bits per heavy atom. The molecule has 3 rings (SSSR count). The van der Waals surface area contributed by atoms with Gasteiger partial charge in [-0.2, -0.15) is 0 Å². The fourth-order valence-corrected chi connectivity index (χ4v) is 2.87. The van der Waals surface area contributed by atoms with Crippen LogP contribution in [0.25, 0.3) is 0 Å². The van der Waals surface area contributed by atoms with Gasteiger partial charge in [0.25, 0.3) is 5.91 Å². The minimum Gasteiger partial charge on any atom is -0.493 e. The Morgan fingerprint density at radius 2 is 1.92 bits per heavy atom. The molecule has 2 aromatic rings. The molecule has 0 aliphatic carbocycles. The second kappa shape index (κ2) is 7.47. The molecule has 5 heteroatoms. The smallest absolute Gasteiger partial charge is 0.252 e. The number of ether oxygens (including phenoxy) is 3. The molecule has 1 aliphatic heterocycles. The van der Waals surface area contributed by atoms with Crippen LogP contribution in [-0.4, -0.2) is 26.2 Å². The molecule has 5 nitrogen and oxygen atoms in total. The summed E-state index contributed by atoms with van der Waals surface area (Å²) in [5.74, 6) is 1.43. The van der Waals surface area contributed by atoms with Crippen molar-refractivity contribution < 1.29 is 19.0 Å². The highest BCUT2D eigenvalue weighted by molar-refractivity contribution is 5.96. The highest BCUT2D eigenvalue weighted by Gasteiger charge is 2.22. The molecule has 0 saturated heterocycles. The van der Waals surface area contributed by atoms with Crippen molar-refractivity contribution in [1.29, 1.82) is 0 Å². The Hall–Kier alpha value is -2.69. The van der Waals surface area contributed by atoms with E-state index in [0.717, 1.165) is 12.0 Å². The van der Waals surface area contributed by atoms with Crippen LogP contribution in [0, 0.1) is 6.92 Å². The van der Waals surface area contributed by atoms with Gasteiger partial charge in [-0.3, -0.25) is 4.79 Å². The molecular weight excluding hydrogens is 318 g/mol. The third kappa shape index (κ3) is 3.71. The number of hydrogen-bond donors (Lipinski definition) is 1. The van der Waals surface area contributed by atoms with Crippen molar-refractivity contribution >= 4 is 5.91 Å². The molecule has 1 heterocycles. The van der Waals surface area contributed by atoms with E-state index >= 15 is 0 Å². The number of amides is 1. The molecule has 0 saturated carbocycles. The molecule has 1 aliphatic rings. The van der Waals surface area contributed by atoms with Gasteiger partial charge in [0.05, 0.1) is 13.2 Å². The SMILES string of the molecule is CCC(NC(=O)c1cc(OC)c2c(c1)OCCO2)c1ccc(C)cc1. The van der Waals surface area contributed by atoms with Crippen molar-refractivity contribution in [3.63, 3.8) is 0 Å². The lowest BCUT2D eigenvalue weighted by atomic mass is 10.0. The van der Waals surface area contributed by atoms with E-state index in [1.807, 2.05) is 19.1 Å². The maximum atomic E-state index is 12.7. The average molecular weight is 341 g/mol. The first-order valence-electron chi connectivity index (χ1n) is 8.47. The number of hydrogen-bond acceptors (Lipinski definition) is 4. The second-order valence-electron chi connectivity index (χ2n) is 6.05. The Labute approximate surface area is 147 Å². The highest BCUT2D eigenvalue weighted by atomic mass is 16.6. The third-order valence-corrected chi connectivity index (χ3v) is 4.28. The first-order chi connectivity index (χ1) is 12.1. The van der Waals surface area contributed by atoms with E-state index < -0.39 is 0 Å². The Balaban J connectivity index is 1.83. The standard InChI is InChI=1S/C20H23NO4/c1-4-16(14-7-5-13(2)6-8-14)21-20(22)15-11-17(23-3)19-18(12-15)24-9-10-25-19/h5-8,11-12,16H,4,9-10H2,1-3H3,(H,21,22). The summed E-state index contributed by atoms with van der Waals surface area (Å²) in [5, 5.41) is 3.09. The minimum atomic E-state index is -0.164. The number of fused-ring (bicyclic) bond motifs is 1. The molecule has 0 aromatic heterocycles. The predicted molar refractivity (Wildman–Crippen MR) is 95.7 cm³/mol. The predicted octanol–water partition coefficient (Wildman–Crippen LogP) is 3.66. The van der Waals surface area contributed by atoms with Crippen LogP contribution in [-0.2, 0) is 0 Å². The van der Waals surface area contributed by atoms with Gasteiger partial charge in [-0.1, -0.05) is 36.8 Å². The molecule has 1 N–H and O–H groups in total. The molecule has 0 bridgehead atoms. The van der Waals surface area contributed by atoms with Crippen LogP contribution in [0.1, 0.15) is 40.9 Å². The second-order valence-corrected chi connectivity index (χ2v) is 6.05. The van der Waals surface area contributed by atoms with Crippen molar-refractivity contribution in [3.05, 3.63) is 53.1 Å². The first kappa shape index (κ1) is 17.1. The van der Waals surface area contributed by atoms with Crippen LogP contribution < -0.4 is 19.5 Å². The van der Waals surface area contributed by atoms with Crippen LogP contribution >= 0.6 is 0 Å².